The van der Waals surface area contributed by atoms with Crippen molar-refractivity contribution >= 4 is 34.5 Å². The highest BCUT2D eigenvalue weighted by Crippen LogP contribution is 2.24. The lowest BCUT2D eigenvalue weighted by atomic mass is 10.1. The van der Waals surface area contributed by atoms with Crippen molar-refractivity contribution in [2.45, 2.75) is 20.4 Å². The smallest absolute Gasteiger partial charge is 0.266 e. The van der Waals surface area contributed by atoms with Crippen LogP contribution in [-0.4, -0.2) is 16.4 Å². The largest absolute Gasteiger partial charge is 0.368 e. The predicted molar refractivity (Wildman–Crippen MR) is 109 cm³/mol. The first kappa shape index (κ1) is 18.9. The summed E-state index contributed by atoms with van der Waals surface area (Å²) < 4.78 is 1.71. The minimum Gasteiger partial charge on any atom is -0.368 e. The topological polar surface area (TPSA) is 101 Å². The number of para-hydroxylation sites is 1. The number of fused-ring (bicyclic) bond motifs is 1. The molecule has 0 saturated carbocycles. The SMILES string of the molecule is Cc1cccc(NC(=O)/C(C#N)=C\c2cn(CC(N)=O)c3ccccc23)c1C. The predicted octanol–water partition coefficient (Wildman–Crippen LogP) is 3.29. The van der Waals surface area contributed by atoms with E-state index in [0.717, 1.165) is 22.0 Å². The van der Waals surface area contributed by atoms with Crippen molar-refractivity contribution in [1.82, 2.24) is 4.57 Å². The Labute approximate surface area is 162 Å². The second kappa shape index (κ2) is 7.80. The molecular formula is C22H20N4O2. The van der Waals surface area contributed by atoms with Gasteiger partial charge in [0.1, 0.15) is 18.2 Å². The molecular weight excluding hydrogens is 352 g/mol. The number of nitrogens with zero attached hydrogens (tertiary/aromatic N) is 2. The van der Waals surface area contributed by atoms with E-state index >= 15 is 0 Å². The minimum absolute atomic E-state index is 0.0188. The summed E-state index contributed by atoms with van der Waals surface area (Å²) in [5.41, 5.74) is 9.44. The van der Waals surface area contributed by atoms with E-state index in [-0.39, 0.29) is 12.1 Å². The van der Waals surface area contributed by atoms with Gasteiger partial charge >= 0.3 is 0 Å². The Balaban J connectivity index is 1.99. The van der Waals surface area contributed by atoms with Crippen LogP contribution in [0.15, 0.2) is 54.2 Å². The van der Waals surface area contributed by atoms with Gasteiger partial charge in [0.2, 0.25) is 5.91 Å². The Morgan fingerprint density at radius 1 is 1.18 bits per heavy atom. The molecule has 0 atom stereocenters. The van der Waals surface area contributed by atoms with E-state index in [1.54, 1.807) is 16.8 Å². The Kier molecular flexibility index (Phi) is 5.28. The number of hydrogen-bond acceptors (Lipinski definition) is 3. The molecule has 0 saturated heterocycles. The maximum Gasteiger partial charge on any atom is 0.266 e. The third-order valence-corrected chi connectivity index (χ3v) is 4.66. The zero-order valence-electron chi connectivity index (χ0n) is 15.7. The number of aryl methyl sites for hydroxylation is 1. The number of aromatic nitrogens is 1. The molecule has 3 N–H and O–H groups in total. The number of hydrogen-bond donors (Lipinski definition) is 2. The van der Waals surface area contributed by atoms with Crippen molar-refractivity contribution in [3.05, 3.63) is 70.9 Å². The number of nitriles is 1. The monoisotopic (exact) mass is 372 g/mol. The van der Waals surface area contributed by atoms with E-state index in [1.165, 1.54) is 6.08 Å². The molecule has 1 heterocycles. The summed E-state index contributed by atoms with van der Waals surface area (Å²) >= 11 is 0. The average Bonchev–Trinajstić information content (AvgIpc) is 3.00. The number of anilines is 1. The molecule has 0 aliphatic carbocycles. The van der Waals surface area contributed by atoms with Crippen molar-refractivity contribution in [2.75, 3.05) is 5.32 Å². The summed E-state index contributed by atoms with van der Waals surface area (Å²) in [6.07, 6.45) is 3.25. The number of nitrogens with two attached hydrogens (primary N) is 1. The number of carbonyl (C=O) groups is 2. The lowest BCUT2D eigenvalue weighted by Gasteiger charge is -2.09. The van der Waals surface area contributed by atoms with Gasteiger partial charge < -0.3 is 15.6 Å². The van der Waals surface area contributed by atoms with E-state index in [0.29, 0.717) is 11.3 Å². The first-order valence-corrected chi connectivity index (χ1v) is 8.76. The first-order valence-electron chi connectivity index (χ1n) is 8.76. The summed E-state index contributed by atoms with van der Waals surface area (Å²) in [6.45, 7) is 3.89. The van der Waals surface area contributed by atoms with Gasteiger partial charge in [-0.1, -0.05) is 30.3 Å². The summed E-state index contributed by atoms with van der Waals surface area (Å²) in [4.78, 5) is 24.0. The molecule has 0 unspecified atom stereocenters. The lowest BCUT2D eigenvalue weighted by molar-refractivity contribution is -0.118. The normalized spacial score (nSPS) is 11.2. The Morgan fingerprint density at radius 3 is 2.64 bits per heavy atom. The zero-order chi connectivity index (χ0) is 20.3. The fourth-order valence-electron chi connectivity index (χ4n) is 3.07. The van der Waals surface area contributed by atoms with Gasteiger partial charge in [-0.05, 0) is 43.2 Å². The van der Waals surface area contributed by atoms with Crippen LogP contribution < -0.4 is 11.1 Å². The third-order valence-electron chi connectivity index (χ3n) is 4.66. The van der Waals surface area contributed by atoms with Gasteiger partial charge in [-0.2, -0.15) is 5.26 Å². The molecule has 6 nitrogen and oxygen atoms in total. The maximum atomic E-state index is 12.6. The van der Waals surface area contributed by atoms with Crippen molar-refractivity contribution in [2.24, 2.45) is 5.73 Å². The van der Waals surface area contributed by atoms with E-state index in [4.69, 9.17) is 5.73 Å². The van der Waals surface area contributed by atoms with Crippen molar-refractivity contribution in [3.63, 3.8) is 0 Å². The second-order valence-corrected chi connectivity index (χ2v) is 6.57. The summed E-state index contributed by atoms with van der Waals surface area (Å²) in [7, 11) is 0. The molecule has 0 bridgehead atoms. The molecule has 140 valence electrons. The molecule has 3 rings (SSSR count). The molecule has 0 radical (unpaired) electrons. The lowest BCUT2D eigenvalue weighted by Crippen LogP contribution is -2.17. The van der Waals surface area contributed by atoms with Gasteiger partial charge in [-0.25, -0.2) is 0 Å². The Morgan fingerprint density at radius 2 is 1.93 bits per heavy atom. The third kappa shape index (κ3) is 3.79. The maximum absolute atomic E-state index is 12.6. The van der Waals surface area contributed by atoms with Crippen LogP contribution in [0.3, 0.4) is 0 Å². The molecule has 2 aromatic carbocycles. The van der Waals surface area contributed by atoms with Crippen LogP contribution >= 0.6 is 0 Å². The standard InChI is InChI=1S/C22H20N4O2/c1-14-6-5-8-19(15(14)2)25-22(28)16(11-23)10-17-12-26(13-21(24)27)20-9-4-3-7-18(17)20/h3-10,12H,13H2,1-2H3,(H2,24,27)(H,25,28)/b16-10-. The molecule has 28 heavy (non-hydrogen) atoms. The molecule has 0 spiro atoms. The summed E-state index contributed by atoms with van der Waals surface area (Å²) in [5.74, 6) is -0.951. The van der Waals surface area contributed by atoms with Crippen molar-refractivity contribution in [1.29, 1.82) is 5.26 Å². The van der Waals surface area contributed by atoms with Gasteiger partial charge in [-0.15, -0.1) is 0 Å². The summed E-state index contributed by atoms with van der Waals surface area (Å²) in [6, 6.07) is 15.0. The minimum atomic E-state index is -0.483. The highest BCUT2D eigenvalue weighted by molar-refractivity contribution is 6.11. The Hall–Kier alpha value is -3.85. The van der Waals surface area contributed by atoms with Crippen LogP contribution in [0.1, 0.15) is 16.7 Å². The van der Waals surface area contributed by atoms with Gasteiger partial charge in [0.25, 0.3) is 5.91 Å². The zero-order valence-corrected chi connectivity index (χ0v) is 15.7. The van der Waals surface area contributed by atoms with Gasteiger partial charge in [-0.3, -0.25) is 9.59 Å². The van der Waals surface area contributed by atoms with Gasteiger partial charge in [0.15, 0.2) is 0 Å². The molecule has 2 amide bonds. The highest BCUT2D eigenvalue weighted by atomic mass is 16.2. The van der Waals surface area contributed by atoms with E-state index in [2.05, 4.69) is 5.32 Å². The number of amides is 2. The van der Waals surface area contributed by atoms with E-state index in [9.17, 15) is 14.9 Å². The number of carbonyl (C=O) groups excluding carboxylic acids is 2. The number of nitrogens with one attached hydrogen (secondary N) is 1. The van der Waals surface area contributed by atoms with Crippen LogP contribution in [0.5, 0.6) is 0 Å². The number of rotatable bonds is 5. The quantitative estimate of drug-likeness (QED) is 0.531. The van der Waals surface area contributed by atoms with Crippen LogP contribution in [0.25, 0.3) is 17.0 Å². The first-order chi connectivity index (χ1) is 13.4. The second-order valence-electron chi connectivity index (χ2n) is 6.57. The van der Waals surface area contributed by atoms with Crippen LogP contribution in [0.4, 0.5) is 5.69 Å². The fourth-order valence-corrected chi connectivity index (χ4v) is 3.07. The van der Waals surface area contributed by atoms with Gasteiger partial charge in [0, 0.05) is 28.4 Å². The highest BCUT2D eigenvalue weighted by Gasteiger charge is 2.14. The molecule has 0 fully saturated rings. The molecule has 6 heteroatoms. The molecule has 0 aliphatic rings. The van der Waals surface area contributed by atoms with Crippen LogP contribution in [-0.2, 0) is 16.1 Å². The van der Waals surface area contributed by atoms with E-state index < -0.39 is 11.8 Å². The molecule has 0 aliphatic heterocycles. The molecule has 1 aromatic heterocycles. The van der Waals surface area contributed by atoms with Crippen LogP contribution in [0, 0.1) is 25.2 Å². The van der Waals surface area contributed by atoms with Crippen molar-refractivity contribution in [3.8, 4) is 6.07 Å². The molecule has 3 aromatic rings. The van der Waals surface area contributed by atoms with Gasteiger partial charge in [0.05, 0.1) is 0 Å². The van der Waals surface area contributed by atoms with Crippen molar-refractivity contribution < 1.29 is 9.59 Å². The average molecular weight is 372 g/mol. The number of benzene rings is 2. The summed E-state index contributed by atoms with van der Waals surface area (Å²) in [5, 5.41) is 13.2. The van der Waals surface area contributed by atoms with Crippen LogP contribution in [0.2, 0.25) is 0 Å². The van der Waals surface area contributed by atoms with E-state index in [1.807, 2.05) is 56.3 Å². The number of primary amides is 1. The fraction of sp³-hybridized carbons (Fsp3) is 0.136. The Bertz CT molecular complexity index is 1150.